The molecule has 0 saturated carbocycles. The Hall–Kier alpha value is -1.89. The fourth-order valence-electron chi connectivity index (χ4n) is 2.33. The van der Waals surface area contributed by atoms with Gasteiger partial charge in [-0.2, -0.15) is 0 Å². The fourth-order valence-corrected chi connectivity index (χ4v) is 2.33. The number of ketones is 1. The molecule has 0 heterocycles. The van der Waals surface area contributed by atoms with E-state index in [1.807, 2.05) is 30.4 Å². The highest BCUT2D eigenvalue weighted by Gasteiger charge is 2.25. The minimum Gasteiger partial charge on any atom is -0.295 e. The van der Waals surface area contributed by atoms with E-state index < -0.39 is 0 Å². The monoisotopic (exact) mass is 254 g/mol. The zero-order valence-corrected chi connectivity index (χ0v) is 12.3. The molecule has 19 heavy (non-hydrogen) atoms. The predicted octanol–water partition coefficient (Wildman–Crippen LogP) is 4.77. The van der Waals surface area contributed by atoms with Crippen molar-refractivity contribution in [2.75, 3.05) is 0 Å². The molecule has 1 heteroatoms. The lowest BCUT2D eigenvalue weighted by Crippen LogP contribution is -2.21. The normalized spacial score (nSPS) is 12.1. The van der Waals surface area contributed by atoms with Crippen molar-refractivity contribution in [3.63, 3.8) is 0 Å². The van der Waals surface area contributed by atoms with Crippen molar-refractivity contribution in [2.24, 2.45) is 0 Å². The summed E-state index contributed by atoms with van der Waals surface area (Å²) in [6, 6.07) is 5.86. The molecule has 0 atom stereocenters. The summed E-state index contributed by atoms with van der Waals surface area (Å²) in [5.41, 5.74) is 3.95. The molecule has 1 aromatic rings. The van der Waals surface area contributed by atoms with E-state index >= 15 is 0 Å². The van der Waals surface area contributed by atoms with Crippen LogP contribution in [0.1, 0.15) is 42.3 Å². The van der Waals surface area contributed by atoms with Crippen LogP contribution in [-0.4, -0.2) is 5.78 Å². The molecule has 0 bridgehead atoms. The Bertz CT molecular complexity index is 545. The number of carbonyl (C=O) groups excluding carboxylic acids is 1. The number of hydrogen-bond donors (Lipinski definition) is 0. The SMILES string of the molecule is C=C/C=C(\C=C)C(C)(C)c1cc(C(C)=O)ccc1C. The molecule has 0 radical (unpaired) electrons. The van der Waals surface area contributed by atoms with Crippen LogP contribution < -0.4 is 0 Å². The van der Waals surface area contributed by atoms with Crippen molar-refractivity contribution < 1.29 is 4.79 Å². The summed E-state index contributed by atoms with van der Waals surface area (Å²) < 4.78 is 0. The number of allylic oxidation sites excluding steroid dienone is 4. The average Bonchev–Trinajstić information content (AvgIpc) is 2.35. The van der Waals surface area contributed by atoms with Crippen molar-refractivity contribution in [1.82, 2.24) is 0 Å². The summed E-state index contributed by atoms with van der Waals surface area (Å²) in [7, 11) is 0. The van der Waals surface area contributed by atoms with Gasteiger partial charge < -0.3 is 0 Å². The molecule has 0 unspecified atom stereocenters. The molecule has 0 aromatic heterocycles. The van der Waals surface area contributed by atoms with Gasteiger partial charge in [0.25, 0.3) is 0 Å². The van der Waals surface area contributed by atoms with Crippen molar-refractivity contribution in [1.29, 1.82) is 0 Å². The van der Waals surface area contributed by atoms with Crippen molar-refractivity contribution in [3.05, 3.63) is 71.8 Å². The maximum Gasteiger partial charge on any atom is 0.159 e. The molecule has 1 nitrogen and oxygen atoms in total. The van der Waals surface area contributed by atoms with Gasteiger partial charge in [-0.25, -0.2) is 0 Å². The Labute approximate surface area is 116 Å². The topological polar surface area (TPSA) is 17.1 Å². The molecule has 0 N–H and O–H groups in total. The molecule has 0 aliphatic heterocycles. The fraction of sp³-hybridized carbons (Fsp3) is 0.278. The predicted molar refractivity (Wildman–Crippen MR) is 82.7 cm³/mol. The third-order valence-electron chi connectivity index (χ3n) is 3.56. The zero-order chi connectivity index (χ0) is 14.6. The minimum atomic E-state index is -0.203. The molecular weight excluding hydrogens is 232 g/mol. The van der Waals surface area contributed by atoms with Gasteiger partial charge in [-0.05, 0) is 36.6 Å². The van der Waals surface area contributed by atoms with Gasteiger partial charge in [0.2, 0.25) is 0 Å². The van der Waals surface area contributed by atoms with Crippen LogP contribution in [0, 0.1) is 6.92 Å². The van der Waals surface area contributed by atoms with Crippen LogP contribution in [0.15, 0.2) is 55.2 Å². The average molecular weight is 254 g/mol. The van der Waals surface area contributed by atoms with E-state index in [2.05, 4.69) is 33.9 Å². The van der Waals surface area contributed by atoms with Gasteiger partial charge in [-0.15, -0.1) is 0 Å². The first-order valence-electron chi connectivity index (χ1n) is 6.42. The molecule has 0 fully saturated rings. The zero-order valence-electron chi connectivity index (χ0n) is 12.3. The smallest absolute Gasteiger partial charge is 0.159 e. The number of rotatable bonds is 5. The van der Waals surface area contributed by atoms with Gasteiger partial charge in [0, 0.05) is 11.0 Å². The lowest BCUT2D eigenvalue weighted by atomic mass is 9.75. The summed E-state index contributed by atoms with van der Waals surface area (Å²) in [4.78, 5) is 11.6. The minimum absolute atomic E-state index is 0.0879. The molecule has 0 spiro atoms. The molecular formula is C18H22O. The Kier molecular flexibility index (Phi) is 4.66. The van der Waals surface area contributed by atoms with Crippen LogP contribution in [0.4, 0.5) is 0 Å². The molecule has 0 aliphatic carbocycles. The summed E-state index contributed by atoms with van der Waals surface area (Å²) in [5.74, 6) is 0.0879. The van der Waals surface area contributed by atoms with Crippen molar-refractivity contribution in [3.8, 4) is 0 Å². The van der Waals surface area contributed by atoms with Gasteiger partial charge in [0.15, 0.2) is 5.78 Å². The second kappa shape index (κ2) is 5.83. The number of hydrogen-bond acceptors (Lipinski definition) is 1. The van der Waals surface area contributed by atoms with E-state index in [-0.39, 0.29) is 11.2 Å². The lowest BCUT2D eigenvalue weighted by molar-refractivity contribution is 0.101. The van der Waals surface area contributed by atoms with E-state index in [9.17, 15) is 4.79 Å². The number of aryl methyl sites for hydroxylation is 1. The summed E-state index contributed by atoms with van der Waals surface area (Å²) in [6.07, 6.45) is 5.58. The van der Waals surface area contributed by atoms with E-state index in [0.717, 1.165) is 16.7 Å². The van der Waals surface area contributed by atoms with Crippen molar-refractivity contribution in [2.45, 2.75) is 33.1 Å². The van der Waals surface area contributed by atoms with Crippen LogP contribution in [0.25, 0.3) is 0 Å². The summed E-state index contributed by atoms with van der Waals surface area (Å²) >= 11 is 0. The maximum atomic E-state index is 11.6. The Balaban J connectivity index is 3.46. The van der Waals surface area contributed by atoms with E-state index in [4.69, 9.17) is 0 Å². The summed E-state index contributed by atoms with van der Waals surface area (Å²) in [6.45, 7) is 15.5. The third kappa shape index (κ3) is 3.11. The van der Waals surface area contributed by atoms with E-state index in [1.165, 1.54) is 5.56 Å². The van der Waals surface area contributed by atoms with Gasteiger partial charge in [-0.1, -0.05) is 57.4 Å². The Morgan fingerprint density at radius 3 is 2.37 bits per heavy atom. The van der Waals surface area contributed by atoms with Crippen LogP contribution in [0.2, 0.25) is 0 Å². The molecule has 100 valence electrons. The van der Waals surface area contributed by atoms with Gasteiger partial charge in [0.1, 0.15) is 0 Å². The highest BCUT2D eigenvalue weighted by atomic mass is 16.1. The van der Waals surface area contributed by atoms with Gasteiger partial charge >= 0.3 is 0 Å². The van der Waals surface area contributed by atoms with Crippen LogP contribution in [-0.2, 0) is 5.41 Å². The number of Topliss-reactive ketones (excluding diaryl/α,β-unsaturated/α-hetero) is 1. The Morgan fingerprint density at radius 1 is 1.26 bits per heavy atom. The highest BCUT2D eigenvalue weighted by Crippen LogP contribution is 2.34. The Morgan fingerprint density at radius 2 is 1.89 bits per heavy atom. The van der Waals surface area contributed by atoms with Crippen LogP contribution in [0.5, 0.6) is 0 Å². The first-order valence-corrected chi connectivity index (χ1v) is 6.42. The molecule has 0 amide bonds. The maximum absolute atomic E-state index is 11.6. The third-order valence-corrected chi connectivity index (χ3v) is 3.56. The molecule has 0 saturated heterocycles. The molecule has 1 aromatic carbocycles. The van der Waals surface area contributed by atoms with E-state index in [0.29, 0.717) is 0 Å². The number of benzene rings is 1. The van der Waals surface area contributed by atoms with Crippen molar-refractivity contribution >= 4 is 5.78 Å². The first kappa shape index (κ1) is 15.2. The second-order valence-corrected chi connectivity index (χ2v) is 5.27. The largest absolute Gasteiger partial charge is 0.295 e. The second-order valence-electron chi connectivity index (χ2n) is 5.27. The lowest BCUT2D eigenvalue weighted by Gasteiger charge is -2.29. The molecule has 0 aliphatic rings. The number of carbonyl (C=O) groups is 1. The quantitative estimate of drug-likeness (QED) is 0.546. The van der Waals surface area contributed by atoms with Crippen LogP contribution in [0.3, 0.4) is 0 Å². The standard InChI is InChI=1S/C18H22O/c1-7-9-16(8-2)18(5,6)17-12-15(14(4)19)11-10-13(17)3/h7-12H,1-2H2,3-6H3/b16-9+. The summed E-state index contributed by atoms with van der Waals surface area (Å²) in [5, 5.41) is 0. The highest BCUT2D eigenvalue weighted by molar-refractivity contribution is 5.94. The molecule has 1 rings (SSSR count). The first-order chi connectivity index (χ1) is 8.84. The van der Waals surface area contributed by atoms with E-state index in [1.54, 1.807) is 13.0 Å². The van der Waals surface area contributed by atoms with Crippen LogP contribution >= 0.6 is 0 Å². The van der Waals surface area contributed by atoms with Gasteiger partial charge in [0.05, 0.1) is 0 Å². The van der Waals surface area contributed by atoms with Gasteiger partial charge in [-0.3, -0.25) is 4.79 Å².